The van der Waals surface area contributed by atoms with Crippen molar-refractivity contribution in [1.29, 1.82) is 0 Å². The Bertz CT molecular complexity index is 763. The Kier molecular flexibility index (Phi) is 4.24. The lowest BCUT2D eigenvalue weighted by molar-refractivity contribution is 0.281. The van der Waals surface area contributed by atoms with Crippen LogP contribution in [0.5, 0.6) is 0 Å². The summed E-state index contributed by atoms with van der Waals surface area (Å²) in [6.07, 6.45) is 0. The summed E-state index contributed by atoms with van der Waals surface area (Å²) in [6.45, 7) is -0.410. The molecular weight excluding hydrogens is 300 g/mol. The first-order valence-electron chi connectivity index (χ1n) is 6.00. The van der Waals surface area contributed by atoms with Crippen molar-refractivity contribution in [3.63, 3.8) is 0 Å². The molecule has 0 saturated heterocycles. The van der Waals surface area contributed by atoms with Crippen LogP contribution in [-0.4, -0.2) is 20.6 Å². The monoisotopic (exact) mass is 313 g/mol. The van der Waals surface area contributed by atoms with E-state index in [1.807, 2.05) is 0 Å². The first-order valence-corrected chi connectivity index (χ1v) is 7.44. The largest absolute Gasteiger partial charge is 0.392 e. The normalized spacial score (nSPS) is 11.4. The second-order valence-corrected chi connectivity index (χ2v) is 6.31. The van der Waals surface area contributed by atoms with Gasteiger partial charge in [-0.1, -0.05) is 12.1 Å². The number of hydrogen-bond acceptors (Lipinski definition) is 3. The number of rotatable bonds is 4. The molecule has 7 heteroatoms. The van der Waals surface area contributed by atoms with Crippen LogP contribution in [0.25, 0.3) is 0 Å². The number of halogens is 2. The van der Waals surface area contributed by atoms with E-state index in [0.717, 1.165) is 22.5 Å². The Morgan fingerprint density at radius 2 is 1.86 bits per heavy atom. The molecule has 2 aromatic rings. The van der Waals surface area contributed by atoms with Gasteiger partial charge in [-0.15, -0.1) is 0 Å². The molecule has 112 valence electrons. The molecule has 0 heterocycles. The molecule has 0 amide bonds. The molecule has 0 aliphatic rings. The third kappa shape index (κ3) is 3.03. The van der Waals surface area contributed by atoms with Crippen molar-refractivity contribution < 1.29 is 22.3 Å². The van der Waals surface area contributed by atoms with Crippen molar-refractivity contribution in [2.45, 2.75) is 11.5 Å². The van der Waals surface area contributed by atoms with Gasteiger partial charge in [-0.05, 0) is 35.9 Å². The summed E-state index contributed by atoms with van der Waals surface area (Å²) < 4.78 is 52.6. The summed E-state index contributed by atoms with van der Waals surface area (Å²) in [5.74, 6) is -1.53. The van der Waals surface area contributed by atoms with Crippen molar-refractivity contribution in [2.75, 3.05) is 11.4 Å². The Hall–Kier alpha value is -1.99. The number of hydrogen-bond donors (Lipinski definition) is 1. The molecule has 21 heavy (non-hydrogen) atoms. The van der Waals surface area contributed by atoms with E-state index < -0.39 is 33.2 Å². The molecule has 0 aliphatic heterocycles. The Morgan fingerprint density at radius 3 is 2.48 bits per heavy atom. The quantitative estimate of drug-likeness (QED) is 0.942. The van der Waals surface area contributed by atoms with E-state index in [2.05, 4.69) is 0 Å². The second-order valence-electron chi connectivity index (χ2n) is 4.38. The number of sulfonamides is 1. The van der Waals surface area contributed by atoms with Crippen LogP contribution in [-0.2, 0) is 16.6 Å². The minimum Gasteiger partial charge on any atom is -0.392 e. The molecule has 0 saturated carbocycles. The van der Waals surface area contributed by atoms with Crippen molar-refractivity contribution in [1.82, 2.24) is 0 Å². The van der Waals surface area contributed by atoms with Crippen molar-refractivity contribution in [3.05, 3.63) is 59.7 Å². The van der Waals surface area contributed by atoms with Gasteiger partial charge in [0.15, 0.2) is 0 Å². The minimum absolute atomic E-state index is 0.0730. The van der Waals surface area contributed by atoms with Gasteiger partial charge >= 0.3 is 0 Å². The maximum atomic E-state index is 13.8. The molecule has 0 aliphatic carbocycles. The molecular formula is C14H13F2NO3S. The first kappa shape index (κ1) is 15.4. The fourth-order valence-electron chi connectivity index (χ4n) is 1.80. The second kappa shape index (κ2) is 5.79. The third-order valence-electron chi connectivity index (χ3n) is 2.99. The minimum atomic E-state index is -4.19. The average Bonchev–Trinajstić information content (AvgIpc) is 2.46. The molecule has 0 spiro atoms. The van der Waals surface area contributed by atoms with Crippen molar-refractivity contribution in [2.24, 2.45) is 0 Å². The highest BCUT2D eigenvalue weighted by molar-refractivity contribution is 7.92. The SMILES string of the molecule is CN(c1cccc(F)c1)S(=O)(=O)c1cc(CO)ccc1F. The third-order valence-corrected chi connectivity index (χ3v) is 4.79. The van der Waals surface area contributed by atoms with Gasteiger partial charge in [0.2, 0.25) is 0 Å². The molecule has 0 bridgehead atoms. The van der Waals surface area contributed by atoms with Gasteiger partial charge in [0.05, 0.1) is 12.3 Å². The summed E-state index contributed by atoms with van der Waals surface area (Å²) in [4.78, 5) is -0.569. The highest BCUT2D eigenvalue weighted by atomic mass is 32.2. The van der Waals surface area contributed by atoms with Crippen LogP contribution >= 0.6 is 0 Å². The smallest absolute Gasteiger partial charge is 0.266 e. The van der Waals surface area contributed by atoms with Gasteiger partial charge < -0.3 is 5.11 Å². The van der Waals surface area contributed by atoms with Crippen LogP contribution in [0, 0.1) is 11.6 Å². The molecule has 0 aromatic heterocycles. The van der Waals surface area contributed by atoms with Crippen LogP contribution in [0.3, 0.4) is 0 Å². The van der Waals surface area contributed by atoms with Crippen LogP contribution in [0.15, 0.2) is 47.4 Å². The van der Waals surface area contributed by atoms with Crippen molar-refractivity contribution in [3.8, 4) is 0 Å². The zero-order chi connectivity index (χ0) is 15.6. The maximum Gasteiger partial charge on any atom is 0.266 e. The van der Waals surface area contributed by atoms with E-state index >= 15 is 0 Å². The van der Waals surface area contributed by atoms with Gasteiger partial charge in [0.1, 0.15) is 16.5 Å². The standard InChI is InChI=1S/C14H13F2NO3S/c1-17(12-4-2-3-11(15)8-12)21(19,20)14-7-10(9-18)5-6-13(14)16/h2-8,18H,9H2,1H3. The van der Waals surface area contributed by atoms with E-state index in [4.69, 9.17) is 5.11 Å². The fourth-order valence-corrected chi connectivity index (χ4v) is 3.10. The molecule has 0 fully saturated rings. The van der Waals surface area contributed by atoms with Gasteiger partial charge in [-0.25, -0.2) is 17.2 Å². The predicted octanol–water partition coefficient (Wildman–Crippen LogP) is 2.28. The highest BCUT2D eigenvalue weighted by Crippen LogP contribution is 2.25. The Labute approximate surface area is 121 Å². The fraction of sp³-hybridized carbons (Fsp3) is 0.143. The van der Waals surface area contributed by atoms with E-state index in [1.165, 1.54) is 31.3 Å². The summed E-state index contributed by atoms with van der Waals surface area (Å²) in [6, 6.07) is 8.28. The van der Waals surface area contributed by atoms with Gasteiger partial charge in [0, 0.05) is 7.05 Å². The summed E-state index contributed by atoms with van der Waals surface area (Å²) >= 11 is 0. The van der Waals surface area contributed by atoms with Crippen LogP contribution in [0.2, 0.25) is 0 Å². The van der Waals surface area contributed by atoms with E-state index in [-0.39, 0.29) is 11.3 Å². The number of benzene rings is 2. The summed E-state index contributed by atoms with van der Waals surface area (Å²) in [5, 5.41) is 9.03. The Morgan fingerprint density at radius 1 is 1.14 bits per heavy atom. The molecule has 1 N–H and O–H groups in total. The molecule has 0 unspecified atom stereocenters. The van der Waals surface area contributed by atoms with E-state index in [1.54, 1.807) is 0 Å². The summed E-state index contributed by atoms with van der Waals surface area (Å²) in [5.41, 5.74) is 0.339. The number of nitrogens with zero attached hydrogens (tertiary/aromatic N) is 1. The van der Waals surface area contributed by atoms with E-state index in [0.29, 0.717) is 0 Å². The van der Waals surface area contributed by atoms with Gasteiger partial charge in [-0.2, -0.15) is 0 Å². The molecule has 0 atom stereocenters. The predicted molar refractivity (Wildman–Crippen MR) is 74.3 cm³/mol. The number of aliphatic hydroxyl groups is 1. The maximum absolute atomic E-state index is 13.8. The lowest BCUT2D eigenvalue weighted by atomic mass is 10.2. The van der Waals surface area contributed by atoms with Gasteiger partial charge in [-0.3, -0.25) is 4.31 Å². The molecule has 2 aromatic carbocycles. The number of anilines is 1. The topological polar surface area (TPSA) is 57.6 Å². The van der Waals surface area contributed by atoms with Crippen LogP contribution < -0.4 is 4.31 Å². The van der Waals surface area contributed by atoms with E-state index in [9.17, 15) is 17.2 Å². The lowest BCUT2D eigenvalue weighted by Gasteiger charge is -2.20. The zero-order valence-electron chi connectivity index (χ0n) is 11.1. The summed E-state index contributed by atoms with van der Waals surface area (Å²) in [7, 11) is -2.99. The Balaban J connectivity index is 2.51. The lowest BCUT2D eigenvalue weighted by Crippen LogP contribution is -2.27. The van der Waals surface area contributed by atoms with Crippen LogP contribution in [0.4, 0.5) is 14.5 Å². The number of aliphatic hydroxyl groups excluding tert-OH is 1. The zero-order valence-corrected chi connectivity index (χ0v) is 11.9. The molecule has 0 radical (unpaired) electrons. The van der Waals surface area contributed by atoms with Gasteiger partial charge in [0.25, 0.3) is 10.0 Å². The highest BCUT2D eigenvalue weighted by Gasteiger charge is 2.25. The van der Waals surface area contributed by atoms with Crippen molar-refractivity contribution >= 4 is 15.7 Å². The van der Waals surface area contributed by atoms with Crippen LogP contribution in [0.1, 0.15) is 5.56 Å². The molecule has 2 rings (SSSR count). The molecule has 4 nitrogen and oxygen atoms in total. The first-order chi connectivity index (χ1) is 9.86. The average molecular weight is 313 g/mol.